The highest BCUT2D eigenvalue weighted by atomic mass is 16.1. The molecule has 1 heterocycles. The number of amides is 1. The van der Waals surface area contributed by atoms with Crippen molar-refractivity contribution in [1.82, 2.24) is 10.3 Å². The molecule has 0 bridgehead atoms. The maximum Gasteiger partial charge on any atom is 0.251 e. The van der Waals surface area contributed by atoms with Gasteiger partial charge in [-0.25, -0.2) is 0 Å². The standard InChI is InChI=1S/C20H17N3O2/c21-5-6-22-20(25)17-9-14-10-19(24)23-11-18(14)16-8-13-4-2-1-3-12(13)7-15(16)17/h1-4,7-11H,5-6,21H2,(H,22,25)(H,23,24). The number of hydrogen-bond donors (Lipinski definition) is 3. The van der Waals surface area contributed by atoms with Gasteiger partial charge in [-0.2, -0.15) is 0 Å². The van der Waals surface area contributed by atoms with Gasteiger partial charge in [0.2, 0.25) is 5.56 Å². The summed E-state index contributed by atoms with van der Waals surface area (Å²) in [7, 11) is 0. The van der Waals surface area contributed by atoms with Crippen LogP contribution in [0.25, 0.3) is 32.3 Å². The lowest BCUT2D eigenvalue weighted by Gasteiger charge is -2.12. The first kappa shape index (κ1) is 15.4. The monoisotopic (exact) mass is 331 g/mol. The molecule has 4 N–H and O–H groups in total. The van der Waals surface area contributed by atoms with Crippen LogP contribution < -0.4 is 16.6 Å². The molecule has 0 unspecified atom stereocenters. The second kappa shape index (κ2) is 6.03. The van der Waals surface area contributed by atoms with Crippen LogP contribution >= 0.6 is 0 Å². The van der Waals surface area contributed by atoms with Gasteiger partial charge in [0.15, 0.2) is 0 Å². The van der Waals surface area contributed by atoms with Crippen LogP contribution in [-0.2, 0) is 0 Å². The molecule has 0 radical (unpaired) electrons. The van der Waals surface area contributed by atoms with E-state index in [0.29, 0.717) is 18.7 Å². The summed E-state index contributed by atoms with van der Waals surface area (Å²) in [5.41, 5.74) is 5.85. The number of carbonyl (C=O) groups excluding carboxylic acids is 1. The Hall–Kier alpha value is -3.18. The van der Waals surface area contributed by atoms with Crippen LogP contribution in [-0.4, -0.2) is 24.0 Å². The average molecular weight is 331 g/mol. The van der Waals surface area contributed by atoms with E-state index in [1.165, 1.54) is 6.07 Å². The smallest absolute Gasteiger partial charge is 0.251 e. The lowest BCUT2D eigenvalue weighted by Crippen LogP contribution is -2.29. The topological polar surface area (TPSA) is 88.0 Å². The van der Waals surface area contributed by atoms with E-state index in [9.17, 15) is 9.59 Å². The Bertz CT molecular complexity index is 1180. The Morgan fingerprint density at radius 3 is 2.40 bits per heavy atom. The summed E-state index contributed by atoms with van der Waals surface area (Å²) in [6.07, 6.45) is 1.70. The van der Waals surface area contributed by atoms with Crippen LogP contribution in [0.3, 0.4) is 0 Å². The summed E-state index contributed by atoms with van der Waals surface area (Å²) in [6.45, 7) is 0.779. The number of benzene rings is 3. The molecule has 0 aliphatic rings. The summed E-state index contributed by atoms with van der Waals surface area (Å²) >= 11 is 0. The predicted octanol–water partition coefficient (Wildman–Crippen LogP) is 2.52. The number of pyridine rings is 1. The molecule has 0 aliphatic heterocycles. The number of nitrogens with two attached hydrogens (primary N) is 1. The number of fused-ring (bicyclic) bond motifs is 4. The normalized spacial score (nSPS) is 11.2. The second-order valence-electron chi connectivity index (χ2n) is 6.01. The van der Waals surface area contributed by atoms with E-state index in [1.54, 1.807) is 12.3 Å². The van der Waals surface area contributed by atoms with Gasteiger partial charge < -0.3 is 16.0 Å². The van der Waals surface area contributed by atoms with Gasteiger partial charge in [-0.3, -0.25) is 9.59 Å². The molecule has 0 saturated carbocycles. The minimum atomic E-state index is -0.194. The predicted molar refractivity (Wildman–Crippen MR) is 101 cm³/mol. The van der Waals surface area contributed by atoms with Crippen molar-refractivity contribution in [2.75, 3.05) is 13.1 Å². The Morgan fingerprint density at radius 1 is 0.960 bits per heavy atom. The fourth-order valence-corrected chi connectivity index (χ4v) is 3.23. The van der Waals surface area contributed by atoms with Crippen LogP contribution in [0, 0.1) is 0 Å². The maximum atomic E-state index is 12.6. The van der Waals surface area contributed by atoms with E-state index in [-0.39, 0.29) is 11.5 Å². The van der Waals surface area contributed by atoms with Crippen molar-refractivity contribution in [2.24, 2.45) is 5.73 Å². The molecule has 124 valence electrons. The Labute approximate surface area is 143 Å². The van der Waals surface area contributed by atoms with Crippen LogP contribution in [0.15, 0.2) is 59.5 Å². The molecular formula is C20H17N3O2. The largest absolute Gasteiger partial charge is 0.351 e. The number of hydrogen-bond acceptors (Lipinski definition) is 3. The van der Waals surface area contributed by atoms with Crippen molar-refractivity contribution in [3.8, 4) is 0 Å². The SMILES string of the molecule is NCCNC(=O)c1cc2cc(=O)[nH]cc2c2cc3ccccc3cc12. The zero-order valence-electron chi connectivity index (χ0n) is 13.5. The van der Waals surface area contributed by atoms with Gasteiger partial charge in [0.1, 0.15) is 0 Å². The van der Waals surface area contributed by atoms with E-state index < -0.39 is 0 Å². The summed E-state index contributed by atoms with van der Waals surface area (Å²) < 4.78 is 0. The molecule has 1 amide bonds. The van der Waals surface area contributed by atoms with E-state index in [4.69, 9.17) is 5.73 Å². The van der Waals surface area contributed by atoms with Crippen molar-refractivity contribution in [3.05, 3.63) is 70.6 Å². The number of aromatic nitrogens is 1. The Morgan fingerprint density at radius 2 is 1.68 bits per heavy atom. The van der Waals surface area contributed by atoms with E-state index in [2.05, 4.69) is 16.4 Å². The molecule has 5 nitrogen and oxygen atoms in total. The van der Waals surface area contributed by atoms with Gasteiger partial charge in [0.25, 0.3) is 5.91 Å². The fraction of sp³-hybridized carbons (Fsp3) is 0.100. The highest BCUT2D eigenvalue weighted by molar-refractivity contribution is 6.19. The van der Waals surface area contributed by atoms with Crippen molar-refractivity contribution in [2.45, 2.75) is 0 Å². The Balaban J connectivity index is 2.11. The summed E-state index contributed by atoms with van der Waals surface area (Å²) in [4.78, 5) is 27.1. The fourth-order valence-electron chi connectivity index (χ4n) is 3.23. The molecule has 0 fully saturated rings. The number of carbonyl (C=O) groups is 1. The Kier molecular flexibility index (Phi) is 3.71. The zero-order valence-corrected chi connectivity index (χ0v) is 13.5. The molecule has 0 spiro atoms. The lowest BCUT2D eigenvalue weighted by molar-refractivity contribution is 0.0956. The van der Waals surface area contributed by atoms with E-state index in [1.807, 2.05) is 30.3 Å². The van der Waals surface area contributed by atoms with Crippen molar-refractivity contribution < 1.29 is 4.79 Å². The highest BCUT2D eigenvalue weighted by Gasteiger charge is 2.14. The van der Waals surface area contributed by atoms with Crippen LogP contribution in [0.5, 0.6) is 0 Å². The summed E-state index contributed by atoms with van der Waals surface area (Å²) in [6, 6.07) is 15.4. The third kappa shape index (κ3) is 2.64. The molecule has 0 atom stereocenters. The number of aromatic amines is 1. The highest BCUT2D eigenvalue weighted by Crippen LogP contribution is 2.31. The van der Waals surface area contributed by atoms with Crippen molar-refractivity contribution >= 4 is 38.2 Å². The number of nitrogens with one attached hydrogen (secondary N) is 2. The van der Waals surface area contributed by atoms with Crippen molar-refractivity contribution in [3.63, 3.8) is 0 Å². The van der Waals surface area contributed by atoms with E-state index >= 15 is 0 Å². The summed E-state index contributed by atoms with van der Waals surface area (Å²) in [5.74, 6) is -0.187. The third-order valence-electron chi connectivity index (χ3n) is 4.40. The first-order chi connectivity index (χ1) is 12.2. The van der Waals surface area contributed by atoms with Crippen LogP contribution in [0.4, 0.5) is 0 Å². The zero-order chi connectivity index (χ0) is 17.4. The molecule has 25 heavy (non-hydrogen) atoms. The van der Waals surface area contributed by atoms with Gasteiger partial charge in [-0.1, -0.05) is 24.3 Å². The third-order valence-corrected chi connectivity index (χ3v) is 4.40. The van der Waals surface area contributed by atoms with E-state index in [0.717, 1.165) is 32.3 Å². The molecule has 0 saturated heterocycles. The first-order valence-electron chi connectivity index (χ1n) is 8.13. The molecule has 5 heteroatoms. The lowest BCUT2D eigenvalue weighted by atomic mass is 9.95. The average Bonchev–Trinajstić information content (AvgIpc) is 2.63. The molecule has 3 aromatic carbocycles. The molecule has 4 aromatic rings. The van der Waals surface area contributed by atoms with Gasteiger partial charge in [-0.15, -0.1) is 0 Å². The van der Waals surface area contributed by atoms with Gasteiger partial charge in [0, 0.05) is 36.3 Å². The van der Waals surface area contributed by atoms with Crippen LogP contribution in [0.2, 0.25) is 0 Å². The first-order valence-corrected chi connectivity index (χ1v) is 8.13. The number of H-pyrrole nitrogens is 1. The summed E-state index contributed by atoms with van der Waals surface area (Å²) in [5, 5.41) is 8.41. The molecular weight excluding hydrogens is 314 g/mol. The van der Waals surface area contributed by atoms with Gasteiger partial charge in [0.05, 0.1) is 0 Å². The minimum Gasteiger partial charge on any atom is -0.351 e. The van der Waals surface area contributed by atoms with Gasteiger partial charge >= 0.3 is 0 Å². The molecule has 1 aromatic heterocycles. The minimum absolute atomic E-state index is 0.187. The van der Waals surface area contributed by atoms with Crippen LogP contribution in [0.1, 0.15) is 10.4 Å². The van der Waals surface area contributed by atoms with Gasteiger partial charge in [-0.05, 0) is 45.1 Å². The molecule has 4 rings (SSSR count). The number of rotatable bonds is 3. The van der Waals surface area contributed by atoms with Crippen molar-refractivity contribution in [1.29, 1.82) is 0 Å². The quantitative estimate of drug-likeness (QED) is 0.398. The second-order valence-corrected chi connectivity index (χ2v) is 6.01. The maximum absolute atomic E-state index is 12.6. The molecule has 0 aliphatic carbocycles.